The van der Waals surface area contributed by atoms with E-state index >= 15 is 0 Å². The third kappa shape index (κ3) is 3.36. The summed E-state index contributed by atoms with van der Waals surface area (Å²) in [4.78, 5) is 0. The first-order chi connectivity index (χ1) is 8.46. The van der Waals surface area contributed by atoms with E-state index in [0.29, 0.717) is 30.3 Å². The van der Waals surface area contributed by atoms with Gasteiger partial charge in [-0.05, 0) is 17.7 Å². The van der Waals surface area contributed by atoms with Crippen molar-refractivity contribution in [2.24, 2.45) is 0 Å². The zero-order chi connectivity index (χ0) is 13.2. The molecule has 2 rings (SSSR count). The molecule has 5 nitrogen and oxygen atoms in total. The van der Waals surface area contributed by atoms with Crippen LogP contribution in [0.4, 0.5) is 0 Å². The lowest BCUT2D eigenvalue weighted by Gasteiger charge is -2.13. The second kappa shape index (κ2) is 5.16. The maximum absolute atomic E-state index is 11.1. The lowest BCUT2D eigenvalue weighted by atomic mass is 10.1. The van der Waals surface area contributed by atoms with Crippen molar-refractivity contribution in [3.63, 3.8) is 0 Å². The highest BCUT2D eigenvalue weighted by atomic mass is 32.2. The SMILES string of the molecule is CS(=O)(=O)CC(O)c1ccc2c(c1)OCCCO2. The van der Waals surface area contributed by atoms with Crippen molar-refractivity contribution in [1.82, 2.24) is 0 Å². The van der Waals surface area contributed by atoms with Gasteiger partial charge in [0.1, 0.15) is 9.84 Å². The fourth-order valence-electron chi connectivity index (χ4n) is 1.77. The van der Waals surface area contributed by atoms with Gasteiger partial charge in [0.15, 0.2) is 11.5 Å². The van der Waals surface area contributed by atoms with Gasteiger partial charge in [0, 0.05) is 12.7 Å². The highest BCUT2D eigenvalue weighted by Gasteiger charge is 2.17. The Hall–Kier alpha value is -1.27. The van der Waals surface area contributed by atoms with Crippen molar-refractivity contribution in [3.8, 4) is 11.5 Å². The molecule has 6 heteroatoms. The van der Waals surface area contributed by atoms with E-state index in [4.69, 9.17) is 9.47 Å². The number of ether oxygens (including phenoxy) is 2. The van der Waals surface area contributed by atoms with E-state index in [-0.39, 0.29) is 5.75 Å². The molecule has 0 saturated carbocycles. The van der Waals surface area contributed by atoms with Crippen LogP contribution in [0.3, 0.4) is 0 Å². The van der Waals surface area contributed by atoms with Crippen LogP contribution in [0.5, 0.6) is 11.5 Å². The van der Waals surface area contributed by atoms with Gasteiger partial charge in [0.05, 0.1) is 25.1 Å². The van der Waals surface area contributed by atoms with Crippen LogP contribution in [0.15, 0.2) is 18.2 Å². The molecule has 100 valence electrons. The molecule has 1 atom stereocenters. The molecule has 0 bridgehead atoms. The fourth-order valence-corrected chi connectivity index (χ4v) is 2.54. The van der Waals surface area contributed by atoms with E-state index < -0.39 is 15.9 Å². The Morgan fingerprint density at radius 1 is 1.28 bits per heavy atom. The predicted molar refractivity (Wildman–Crippen MR) is 66.7 cm³/mol. The second-order valence-corrected chi connectivity index (χ2v) is 6.55. The Morgan fingerprint density at radius 2 is 1.94 bits per heavy atom. The predicted octanol–water partition coefficient (Wildman–Crippen LogP) is 0.926. The Morgan fingerprint density at radius 3 is 2.61 bits per heavy atom. The first kappa shape index (κ1) is 13.2. The van der Waals surface area contributed by atoms with E-state index in [2.05, 4.69) is 0 Å². The minimum absolute atomic E-state index is 0.299. The Balaban J connectivity index is 2.22. The molecule has 0 amide bonds. The van der Waals surface area contributed by atoms with E-state index in [9.17, 15) is 13.5 Å². The summed E-state index contributed by atoms with van der Waals surface area (Å²) in [6, 6.07) is 4.99. The van der Waals surface area contributed by atoms with Crippen molar-refractivity contribution in [2.45, 2.75) is 12.5 Å². The minimum Gasteiger partial charge on any atom is -0.490 e. The molecule has 1 heterocycles. The van der Waals surface area contributed by atoms with Crippen molar-refractivity contribution in [3.05, 3.63) is 23.8 Å². The number of rotatable bonds is 3. The van der Waals surface area contributed by atoms with Crippen molar-refractivity contribution < 1.29 is 23.0 Å². The van der Waals surface area contributed by atoms with Gasteiger partial charge >= 0.3 is 0 Å². The van der Waals surface area contributed by atoms with E-state index in [1.807, 2.05) is 0 Å². The van der Waals surface area contributed by atoms with Gasteiger partial charge in [-0.3, -0.25) is 0 Å². The van der Waals surface area contributed by atoms with E-state index in [0.717, 1.165) is 12.7 Å². The molecule has 0 aliphatic carbocycles. The normalized spacial score (nSPS) is 17.0. The topological polar surface area (TPSA) is 72.8 Å². The zero-order valence-electron chi connectivity index (χ0n) is 10.1. The fraction of sp³-hybridized carbons (Fsp3) is 0.500. The summed E-state index contributed by atoms with van der Waals surface area (Å²) in [6.45, 7) is 1.15. The number of sulfone groups is 1. The quantitative estimate of drug-likeness (QED) is 0.886. The van der Waals surface area contributed by atoms with Crippen molar-refractivity contribution in [2.75, 3.05) is 25.2 Å². The molecule has 1 aromatic carbocycles. The number of benzene rings is 1. The molecule has 0 radical (unpaired) electrons. The number of hydrogen-bond donors (Lipinski definition) is 1. The molecule has 1 aromatic rings. The van der Waals surface area contributed by atoms with Crippen LogP contribution in [0, 0.1) is 0 Å². The number of hydrogen-bond acceptors (Lipinski definition) is 5. The van der Waals surface area contributed by atoms with Gasteiger partial charge in [-0.1, -0.05) is 6.07 Å². The first-order valence-corrected chi connectivity index (χ1v) is 7.77. The average Bonchev–Trinajstić information content (AvgIpc) is 2.50. The summed E-state index contributed by atoms with van der Waals surface area (Å²) >= 11 is 0. The molecule has 0 aromatic heterocycles. The molecule has 18 heavy (non-hydrogen) atoms. The monoisotopic (exact) mass is 272 g/mol. The standard InChI is InChI=1S/C12H16O5S/c1-18(14,15)8-10(13)9-3-4-11-12(7-9)17-6-2-5-16-11/h3-4,7,10,13H,2,5-6,8H2,1H3. The molecule has 0 fully saturated rings. The lowest BCUT2D eigenvalue weighted by molar-refractivity contribution is 0.201. The summed E-state index contributed by atoms with van der Waals surface area (Å²) in [6.07, 6.45) is 0.854. The maximum Gasteiger partial charge on any atom is 0.161 e. The highest BCUT2D eigenvalue weighted by molar-refractivity contribution is 7.90. The van der Waals surface area contributed by atoms with Crippen LogP contribution in [0.2, 0.25) is 0 Å². The third-order valence-corrected chi connectivity index (χ3v) is 3.54. The summed E-state index contributed by atoms with van der Waals surface area (Å²) < 4.78 is 33.2. The van der Waals surface area contributed by atoms with Gasteiger partial charge < -0.3 is 14.6 Å². The third-order valence-electron chi connectivity index (χ3n) is 2.62. The van der Waals surface area contributed by atoms with Gasteiger partial charge in [0.2, 0.25) is 0 Å². The zero-order valence-corrected chi connectivity index (χ0v) is 10.9. The van der Waals surface area contributed by atoms with E-state index in [1.54, 1.807) is 18.2 Å². The Bertz CT molecular complexity index is 523. The maximum atomic E-state index is 11.1. The number of aliphatic hydroxyl groups excluding tert-OH is 1. The summed E-state index contributed by atoms with van der Waals surface area (Å²) in [5.74, 6) is 0.882. The van der Waals surface area contributed by atoms with Crippen LogP contribution in [-0.4, -0.2) is 38.7 Å². The van der Waals surface area contributed by atoms with Crippen LogP contribution in [0.1, 0.15) is 18.1 Å². The smallest absolute Gasteiger partial charge is 0.161 e. The van der Waals surface area contributed by atoms with Crippen LogP contribution in [0.25, 0.3) is 0 Å². The summed E-state index contributed by atoms with van der Waals surface area (Å²) in [5.41, 5.74) is 0.518. The summed E-state index contributed by atoms with van der Waals surface area (Å²) in [7, 11) is -3.22. The molecule has 1 unspecified atom stereocenters. The minimum atomic E-state index is -3.22. The Kier molecular flexibility index (Phi) is 3.77. The molecule has 0 spiro atoms. The van der Waals surface area contributed by atoms with Crippen LogP contribution >= 0.6 is 0 Å². The molecular formula is C12H16O5S. The van der Waals surface area contributed by atoms with Crippen molar-refractivity contribution in [1.29, 1.82) is 0 Å². The van der Waals surface area contributed by atoms with E-state index in [1.165, 1.54) is 0 Å². The molecular weight excluding hydrogens is 256 g/mol. The molecule has 0 saturated heterocycles. The van der Waals surface area contributed by atoms with Crippen molar-refractivity contribution >= 4 is 9.84 Å². The highest BCUT2D eigenvalue weighted by Crippen LogP contribution is 2.32. The molecule has 1 N–H and O–H groups in total. The largest absolute Gasteiger partial charge is 0.490 e. The van der Waals surface area contributed by atoms with Gasteiger partial charge in [0.25, 0.3) is 0 Å². The van der Waals surface area contributed by atoms with Crippen LogP contribution in [-0.2, 0) is 9.84 Å². The van der Waals surface area contributed by atoms with Gasteiger partial charge in [-0.2, -0.15) is 0 Å². The Labute approximate surface area is 106 Å². The van der Waals surface area contributed by atoms with Crippen LogP contribution < -0.4 is 9.47 Å². The first-order valence-electron chi connectivity index (χ1n) is 5.71. The number of aliphatic hydroxyl groups is 1. The summed E-state index contributed by atoms with van der Waals surface area (Å²) in [5, 5.41) is 9.85. The second-order valence-electron chi connectivity index (χ2n) is 4.36. The van der Waals surface area contributed by atoms with Gasteiger partial charge in [-0.25, -0.2) is 8.42 Å². The average molecular weight is 272 g/mol. The lowest BCUT2D eigenvalue weighted by Crippen LogP contribution is -2.12. The van der Waals surface area contributed by atoms with Gasteiger partial charge in [-0.15, -0.1) is 0 Å². The number of fused-ring (bicyclic) bond motifs is 1. The molecule has 1 aliphatic rings. The molecule has 1 aliphatic heterocycles.